The van der Waals surface area contributed by atoms with Crippen molar-refractivity contribution >= 4 is 5.76 Å². The molecule has 0 amide bonds. The zero-order valence-electron chi connectivity index (χ0n) is 11.6. The number of ether oxygens (including phenoxy) is 2. The Balaban J connectivity index is 2.51. The summed E-state index contributed by atoms with van der Waals surface area (Å²) < 4.78 is 12.7. The number of methoxy groups -OCH3 is 1. The van der Waals surface area contributed by atoms with Crippen molar-refractivity contribution in [3.8, 4) is 0 Å². The summed E-state index contributed by atoms with van der Waals surface area (Å²) in [6, 6.07) is 3.35. The first-order valence-electron chi connectivity index (χ1n) is 6.78. The third kappa shape index (κ3) is 2.73. The summed E-state index contributed by atoms with van der Waals surface area (Å²) in [5, 5.41) is 0. The van der Waals surface area contributed by atoms with Crippen LogP contribution in [0.3, 0.4) is 0 Å². The summed E-state index contributed by atoms with van der Waals surface area (Å²) in [6.07, 6.45) is 3.64. The van der Waals surface area contributed by atoms with Crippen LogP contribution in [0.2, 0.25) is 0 Å². The Bertz CT molecular complexity index is 513. The van der Waals surface area contributed by atoms with E-state index < -0.39 is 0 Å². The number of hydrogen-bond donors (Lipinski definition) is 0. The molecule has 0 bridgehead atoms. The van der Waals surface area contributed by atoms with Gasteiger partial charge in [0.25, 0.3) is 5.56 Å². The molecule has 1 aliphatic rings. The second-order valence-corrected chi connectivity index (χ2v) is 4.70. The molecule has 0 aromatic carbocycles. The summed E-state index contributed by atoms with van der Waals surface area (Å²) in [6.45, 7) is 6.64. The van der Waals surface area contributed by atoms with E-state index in [-0.39, 0.29) is 11.8 Å². The Labute approximate surface area is 113 Å². The van der Waals surface area contributed by atoms with Gasteiger partial charge in [0.15, 0.2) is 0 Å². The molecule has 0 aliphatic carbocycles. The van der Waals surface area contributed by atoms with E-state index in [2.05, 4.69) is 6.58 Å². The number of pyridine rings is 1. The van der Waals surface area contributed by atoms with E-state index >= 15 is 0 Å². The summed E-state index contributed by atoms with van der Waals surface area (Å²) in [5.41, 5.74) is 1.81. The van der Waals surface area contributed by atoms with Gasteiger partial charge in [0.1, 0.15) is 12.0 Å². The monoisotopic (exact) mass is 263 g/mol. The fourth-order valence-electron chi connectivity index (χ4n) is 2.56. The third-order valence-electron chi connectivity index (χ3n) is 3.56. The van der Waals surface area contributed by atoms with Crippen LogP contribution in [0.15, 0.2) is 23.5 Å². The van der Waals surface area contributed by atoms with Crippen LogP contribution in [-0.2, 0) is 15.9 Å². The third-order valence-corrected chi connectivity index (χ3v) is 3.56. The molecule has 0 saturated carbocycles. The first-order chi connectivity index (χ1) is 9.19. The minimum Gasteiger partial charge on any atom is -0.497 e. The fraction of sp³-hybridized carbons (Fsp3) is 0.533. The zero-order valence-corrected chi connectivity index (χ0v) is 11.6. The topological polar surface area (TPSA) is 40.5 Å². The Morgan fingerprint density at radius 3 is 2.89 bits per heavy atom. The molecule has 104 valence electrons. The second kappa shape index (κ2) is 6.06. The molecule has 19 heavy (non-hydrogen) atoms. The molecule has 4 heteroatoms. The van der Waals surface area contributed by atoms with Gasteiger partial charge in [-0.05, 0) is 31.7 Å². The molecule has 4 nitrogen and oxygen atoms in total. The van der Waals surface area contributed by atoms with Crippen molar-refractivity contribution in [3.05, 3.63) is 40.3 Å². The summed E-state index contributed by atoms with van der Waals surface area (Å²) >= 11 is 0. The average molecular weight is 263 g/mol. The molecular formula is C15H21NO3. The van der Waals surface area contributed by atoms with Crippen LogP contribution in [0.5, 0.6) is 0 Å². The molecule has 1 unspecified atom stereocenters. The van der Waals surface area contributed by atoms with Gasteiger partial charge < -0.3 is 9.47 Å². The van der Waals surface area contributed by atoms with E-state index in [1.807, 2.05) is 6.92 Å². The van der Waals surface area contributed by atoms with Gasteiger partial charge in [-0.1, -0.05) is 13.5 Å². The minimum absolute atomic E-state index is 0.0172. The van der Waals surface area contributed by atoms with Gasteiger partial charge >= 0.3 is 0 Å². The van der Waals surface area contributed by atoms with Crippen LogP contribution in [0.4, 0.5) is 0 Å². The van der Waals surface area contributed by atoms with E-state index in [0.717, 1.165) is 43.5 Å². The number of hydrogen-bond acceptors (Lipinski definition) is 3. The highest BCUT2D eigenvalue weighted by Gasteiger charge is 2.21. The van der Waals surface area contributed by atoms with Gasteiger partial charge in [-0.15, -0.1) is 0 Å². The van der Waals surface area contributed by atoms with Crippen molar-refractivity contribution in [2.45, 2.75) is 38.8 Å². The van der Waals surface area contributed by atoms with Crippen molar-refractivity contribution in [3.63, 3.8) is 0 Å². The quantitative estimate of drug-likeness (QED) is 0.784. The minimum atomic E-state index is -0.152. The molecule has 1 saturated heterocycles. The molecule has 1 aromatic rings. The Morgan fingerprint density at radius 2 is 2.32 bits per heavy atom. The first kappa shape index (κ1) is 13.9. The highest BCUT2D eigenvalue weighted by molar-refractivity contribution is 5.59. The molecular weight excluding hydrogens is 242 g/mol. The Morgan fingerprint density at radius 1 is 1.53 bits per heavy atom. The summed E-state index contributed by atoms with van der Waals surface area (Å²) in [4.78, 5) is 12.2. The van der Waals surface area contributed by atoms with Crippen molar-refractivity contribution < 1.29 is 9.47 Å². The predicted octanol–water partition coefficient (Wildman–Crippen LogP) is 2.73. The largest absolute Gasteiger partial charge is 0.497 e. The van der Waals surface area contributed by atoms with Gasteiger partial charge in [-0.25, -0.2) is 0 Å². The van der Waals surface area contributed by atoms with Crippen molar-refractivity contribution in [2.24, 2.45) is 0 Å². The summed E-state index contributed by atoms with van der Waals surface area (Å²) in [5.74, 6) is 0.585. The van der Waals surface area contributed by atoms with Crippen LogP contribution >= 0.6 is 0 Å². The van der Waals surface area contributed by atoms with Crippen LogP contribution in [0.1, 0.15) is 43.7 Å². The Kier molecular flexibility index (Phi) is 4.43. The predicted molar refractivity (Wildman–Crippen MR) is 75.0 cm³/mol. The maximum atomic E-state index is 12.2. The summed E-state index contributed by atoms with van der Waals surface area (Å²) in [7, 11) is 1.59. The van der Waals surface area contributed by atoms with Crippen LogP contribution in [0.25, 0.3) is 5.76 Å². The average Bonchev–Trinajstić information content (AvgIpc) is 2.46. The maximum absolute atomic E-state index is 12.2. The van der Waals surface area contributed by atoms with Gasteiger partial charge in [-0.2, -0.15) is 0 Å². The van der Waals surface area contributed by atoms with Crippen molar-refractivity contribution in [1.82, 2.24) is 4.57 Å². The Hall–Kier alpha value is -1.55. The van der Waals surface area contributed by atoms with Gasteiger partial charge in [-0.3, -0.25) is 9.36 Å². The SMILES string of the molecule is C=C(OC)c1ccc(=O)n(C2CCCCO2)c1CC. The highest BCUT2D eigenvalue weighted by Crippen LogP contribution is 2.26. The molecule has 2 rings (SSSR count). The molecule has 1 aromatic heterocycles. The van der Waals surface area contributed by atoms with E-state index in [1.165, 1.54) is 0 Å². The van der Waals surface area contributed by atoms with Crippen LogP contribution in [0, 0.1) is 0 Å². The van der Waals surface area contributed by atoms with Gasteiger partial charge in [0, 0.05) is 23.9 Å². The molecule has 1 aliphatic heterocycles. The lowest BCUT2D eigenvalue weighted by Gasteiger charge is -2.28. The molecule has 0 N–H and O–H groups in total. The van der Waals surface area contributed by atoms with E-state index in [4.69, 9.17) is 9.47 Å². The molecule has 2 heterocycles. The highest BCUT2D eigenvalue weighted by atomic mass is 16.5. The number of rotatable bonds is 4. The first-order valence-corrected chi connectivity index (χ1v) is 6.78. The molecule has 0 spiro atoms. The lowest BCUT2D eigenvalue weighted by molar-refractivity contribution is -0.0356. The van der Waals surface area contributed by atoms with Crippen molar-refractivity contribution in [1.29, 1.82) is 0 Å². The second-order valence-electron chi connectivity index (χ2n) is 4.70. The maximum Gasteiger partial charge on any atom is 0.252 e. The zero-order chi connectivity index (χ0) is 13.8. The van der Waals surface area contributed by atoms with E-state index in [0.29, 0.717) is 5.76 Å². The van der Waals surface area contributed by atoms with E-state index in [9.17, 15) is 4.79 Å². The normalized spacial score (nSPS) is 19.2. The molecule has 1 fully saturated rings. The molecule has 0 radical (unpaired) electrons. The van der Waals surface area contributed by atoms with Gasteiger partial charge in [0.2, 0.25) is 0 Å². The smallest absolute Gasteiger partial charge is 0.252 e. The standard InChI is InChI=1S/C15H21NO3/c1-4-13-12(11(2)18-3)8-9-14(17)16(13)15-7-5-6-10-19-15/h8-9,15H,2,4-7,10H2,1,3H3. The fourth-order valence-corrected chi connectivity index (χ4v) is 2.56. The lowest BCUT2D eigenvalue weighted by Crippen LogP contribution is -2.31. The number of aromatic nitrogens is 1. The van der Waals surface area contributed by atoms with Crippen LogP contribution in [-0.4, -0.2) is 18.3 Å². The van der Waals surface area contributed by atoms with E-state index in [1.54, 1.807) is 23.8 Å². The molecule has 1 atom stereocenters. The number of nitrogens with zero attached hydrogens (tertiary/aromatic N) is 1. The van der Waals surface area contributed by atoms with Crippen molar-refractivity contribution in [2.75, 3.05) is 13.7 Å². The van der Waals surface area contributed by atoms with Gasteiger partial charge in [0.05, 0.1) is 7.11 Å². The van der Waals surface area contributed by atoms with Crippen LogP contribution < -0.4 is 5.56 Å². The lowest BCUT2D eigenvalue weighted by atomic mass is 10.1.